The van der Waals surface area contributed by atoms with Crippen LogP contribution in [0.5, 0.6) is 0 Å². The Bertz CT molecular complexity index is 641. The summed E-state index contributed by atoms with van der Waals surface area (Å²) in [6, 6.07) is 13.2. The average molecular weight is 349 g/mol. The zero-order chi connectivity index (χ0) is 15.4. The first kappa shape index (κ1) is 15.4. The van der Waals surface area contributed by atoms with Crippen molar-refractivity contribution in [3.63, 3.8) is 0 Å². The van der Waals surface area contributed by atoms with Gasteiger partial charge in [0.25, 0.3) is 0 Å². The van der Waals surface area contributed by atoms with E-state index in [1.807, 2.05) is 36.2 Å². The summed E-state index contributed by atoms with van der Waals surface area (Å²) in [7, 11) is 3.30. The van der Waals surface area contributed by atoms with Crippen molar-refractivity contribution in [2.75, 3.05) is 24.8 Å². The molecule has 2 aromatic rings. The Morgan fingerprint density at radius 3 is 2.52 bits per heavy atom. The van der Waals surface area contributed by atoms with Crippen LogP contribution in [0.15, 0.2) is 46.9 Å². The molecule has 0 radical (unpaired) electrons. The van der Waals surface area contributed by atoms with E-state index in [4.69, 9.17) is 10.5 Å². The molecule has 4 nitrogen and oxygen atoms in total. The maximum Gasteiger partial charge on any atom is 0.337 e. The van der Waals surface area contributed by atoms with Gasteiger partial charge in [-0.3, -0.25) is 0 Å². The lowest BCUT2D eigenvalue weighted by Gasteiger charge is -2.22. The van der Waals surface area contributed by atoms with Crippen LogP contribution < -0.4 is 10.6 Å². The van der Waals surface area contributed by atoms with Crippen LogP contribution in [0, 0.1) is 0 Å². The zero-order valence-corrected chi connectivity index (χ0v) is 13.6. The second-order valence-corrected chi connectivity index (χ2v) is 5.66. The minimum Gasteiger partial charge on any atom is -0.465 e. The van der Waals surface area contributed by atoms with E-state index in [9.17, 15) is 4.79 Å². The number of methoxy groups -OCH3 is 1. The largest absolute Gasteiger partial charge is 0.465 e. The average Bonchev–Trinajstić information content (AvgIpc) is 2.49. The van der Waals surface area contributed by atoms with Crippen LogP contribution in [-0.4, -0.2) is 20.1 Å². The van der Waals surface area contributed by atoms with Gasteiger partial charge >= 0.3 is 5.97 Å². The summed E-state index contributed by atoms with van der Waals surface area (Å²) in [6.07, 6.45) is 0. The number of anilines is 2. The Morgan fingerprint density at radius 1 is 1.24 bits per heavy atom. The van der Waals surface area contributed by atoms with Gasteiger partial charge in [0.05, 0.1) is 24.0 Å². The number of nitrogen functional groups attached to an aromatic ring is 1. The first-order valence-corrected chi connectivity index (χ1v) is 7.24. The van der Waals surface area contributed by atoms with Crippen molar-refractivity contribution in [2.45, 2.75) is 6.54 Å². The molecule has 5 heteroatoms. The van der Waals surface area contributed by atoms with Crippen LogP contribution in [0.4, 0.5) is 11.4 Å². The lowest BCUT2D eigenvalue weighted by Crippen LogP contribution is -2.18. The van der Waals surface area contributed by atoms with Crippen LogP contribution >= 0.6 is 15.9 Å². The quantitative estimate of drug-likeness (QED) is 0.679. The second-order valence-electron chi connectivity index (χ2n) is 4.75. The number of carbonyl (C=O) groups is 1. The molecular formula is C16H17BrN2O2. The topological polar surface area (TPSA) is 55.6 Å². The van der Waals surface area contributed by atoms with Crippen molar-refractivity contribution in [1.29, 1.82) is 0 Å². The predicted molar refractivity (Wildman–Crippen MR) is 88.4 cm³/mol. The van der Waals surface area contributed by atoms with Crippen LogP contribution in [0.25, 0.3) is 0 Å². The third kappa shape index (κ3) is 3.76. The molecule has 0 aromatic heterocycles. The minimum atomic E-state index is -0.367. The van der Waals surface area contributed by atoms with Crippen LogP contribution in [0.3, 0.4) is 0 Å². The zero-order valence-electron chi connectivity index (χ0n) is 12.0. The predicted octanol–water partition coefficient (Wildman–Crippen LogP) is 3.45. The maximum atomic E-state index is 11.6. The summed E-state index contributed by atoms with van der Waals surface area (Å²) in [6.45, 7) is 0.697. The van der Waals surface area contributed by atoms with E-state index in [1.54, 1.807) is 18.2 Å². The highest BCUT2D eigenvalue weighted by Crippen LogP contribution is 2.25. The molecule has 0 saturated heterocycles. The summed E-state index contributed by atoms with van der Waals surface area (Å²) in [5.74, 6) is -0.367. The molecule has 0 fully saturated rings. The minimum absolute atomic E-state index is 0.367. The molecular weight excluding hydrogens is 332 g/mol. The van der Waals surface area contributed by atoms with E-state index in [1.165, 1.54) is 7.11 Å². The fourth-order valence-electron chi connectivity index (χ4n) is 2.07. The first-order chi connectivity index (χ1) is 10.0. The summed E-state index contributed by atoms with van der Waals surface area (Å²) in [5.41, 5.74) is 9.09. The lowest BCUT2D eigenvalue weighted by molar-refractivity contribution is 0.0601. The number of carbonyl (C=O) groups excluding carboxylic acids is 1. The van der Waals surface area contributed by atoms with Crippen molar-refractivity contribution in [1.82, 2.24) is 0 Å². The van der Waals surface area contributed by atoms with Crippen LogP contribution in [0.1, 0.15) is 15.9 Å². The first-order valence-electron chi connectivity index (χ1n) is 6.44. The lowest BCUT2D eigenvalue weighted by atomic mass is 10.1. The fourth-order valence-corrected chi connectivity index (χ4v) is 2.33. The normalized spacial score (nSPS) is 10.2. The third-order valence-corrected chi connectivity index (χ3v) is 3.72. The van der Waals surface area contributed by atoms with Gasteiger partial charge in [0.1, 0.15) is 0 Å². The number of hydrogen-bond acceptors (Lipinski definition) is 4. The third-order valence-electron chi connectivity index (χ3n) is 3.20. The standard InChI is InChI=1S/C16H17BrN2O2/c1-19(10-11-3-6-13(17)7-4-11)15-9-12(16(20)21-2)5-8-14(15)18/h3-9H,10,18H2,1-2H3. The summed E-state index contributed by atoms with van der Waals surface area (Å²) in [4.78, 5) is 13.6. The number of ether oxygens (including phenoxy) is 1. The van der Waals surface area contributed by atoms with Crippen LogP contribution in [-0.2, 0) is 11.3 Å². The Hall–Kier alpha value is -2.01. The number of benzene rings is 2. The van der Waals surface area contributed by atoms with Crippen molar-refractivity contribution in [3.05, 3.63) is 58.1 Å². The summed E-state index contributed by atoms with van der Waals surface area (Å²) < 4.78 is 5.78. The van der Waals surface area contributed by atoms with E-state index in [-0.39, 0.29) is 5.97 Å². The van der Waals surface area contributed by atoms with E-state index in [0.29, 0.717) is 17.8 Å². The Morgan fingerprint density at radius 2 is 1.90 bits per heavy atom. The highest BCUT2D eigenvalue weighted by Gasteiger charge is 2.11. The van der Waals surface area contributed by atoms with Gasteiger partial charge in [-0.2, -0.15) is 0 Å². The highest BCUT2D eigenvalue weighted by atomic mass is 79.9. The van der Waals surface area contributed by atoms with Gasteiger partial charge in [0, 0.05) is 18.1 Å². The Labute approximate surface area is 132 Å². The number of rotatable bonds is 4. The van der Waals surface area contributed by atoms with E-state index < -0.39 is 0 Å². The molecule has 0 saturated carbocycles. The monoisotopic (exact) mass is 348 g/mol. The van der Waals surface area contributed by atoms with Crippen molar-refractivity contribution < 1.29 is 9.53 Å². The van der Waals surface area contributed by atoms with Crippen molar-refractivity contribution >= 4 is 33.3 Å². The molecule has 0 aliphatic rings. The molecule has 0 heterocycles. The fraction of sp³-hybridized carbons (Fsp3) is 0.188. The van der Waals surface area contributed by atoms with Gasteiger partial charge in [-0.15, -0.1) is 0 Å². The molecule has 0 aliphatic heterocycles. The molecule has 21 heavy (non-hydrogen) atoms. The molecule has 0 unspecified atom stereocenters. The van der Waals surface area contributed by atoms with Crippen molar-refractivity contribution in [2.24, 2.45) is 0 Å². The molecule has 110 valence electrons. The van der Waals surface area contributed by atoms with E-state index >= 15 is 0 Å². The van der Waals surface area contributed by atoms with Crippen LogP contribution in [0.2, 0.25) is 0 Å². The maximum absolute atomic E-state index is 11.6. The highest BCUT2D eigenvalue weighted by molar-refractivity contribution is 9.10. The SMILES string of the molecule is COC(=O)c1ccc(N)c(N(C)Cc2ccc(Br)cc2)c1. The number of hydrogen-bond donors (Lipinski definition) is 1. The van der Waals surface area contributed by atoms with Crippen molar-refractivity contribution in [3.8, 4) is 0 Å². The molecule has 0 amide bonds. The van der Waals surface area contributed by atoms with E-state index in [2.05, 4.69) is 15.9 Å². The van der Waals surface area contributed by atoms with Gasteiger partial charge in [-0.25, -0.2) is 4.79 Å². The smallest absolute Gasteiger partial charge is 0.337 e. The van der Waals surface area contributed by atoms with Gasteiger partial charge in [0.2, 0.25) is 0 Å². The number of nitrogens with zero attached hydrogens (tertiary/aromatic N) is 1. The van der Waals surface area contributed by atoms with Gasteiger partial charge in [0.15, 0.2) is 0 Å². The molecule has 0 spiro atoms. The van der Waals surface area contributed by atoms with Gasteiger partial charge in [-0.1, -0.05) is 28.1 Å². The molecule has 0 aliphatic carbocycles. The number of nitrogens with two attached hydrogens (primary N) is 1. The molecule has 2 rings (SSSR count). The number of esters is 1. The second kappa shape index (κ2) is 6.63. The molecule has 2 N–H and O–H groups in total. The Balaban J connectivity index is 2.23. The number of halogens is 1. The molecule has 0 atom stereocenters. The molecule has 0 bridgehead atoms. The molecule has 2 aromatic carbocycles. The van der Waals surface area contributed by atoms with E-state index in [0.717, 1.165) is 15.7 Å². The van der Waals surface area contributed by atoms with Gasteiger partial charge in [-0.05, 0) is 35.9 Å². The Kier molecular flexibility index (Phi) is 4.85. The van der Waals surface area contributed by atoms with Gasteiger partial charge < -0.3 is 15.4 Å². The summed E-state index contributed by atoms with van der Waals surface area (Å²) in [5, 5.41) is 0. The summed E-state index contributed by atoms with van der Waals surface area (Å²) >= 11 is 3.42.